The molecule has 0 aliphatic heterocycles. The quantitative estimate of drug-likeness (QED) is 0.727. The lowest BCUT2D eigenvalue weighted by Gasteiger charge is -2.19. The molecule has 3 N–H and O–H groups in total. The van der Waals surface area contributed by atoms with Crippen molar-refractivity contribution in [1.29, 1.82) is 0 Å². The summed E-state index contributed by atoms with van der Waals surface area (Å²) in [4.78, 5) is 12.2. The number of ether oxygens (including phenoxy) is 1. The van der Waals surface area contributed by atoms with Crippen molar-refractivity contribution >= 4 is 5.91 Å². The van der Waals surface area contributed by atoms with Gasteiger partial charge in [-0.15, -0.1) is 0 Å². The predicted octanol–water partition coefficient (Wildman–Crippen LogP) is 0.166. The number of rotatable bonds is 3. The highest BCUT2D eigenvalue weighted by molar-refractivity contribution is 5.94. The van der Waals surface area contributed by atoms with Crippen LogP contribution in [0, 0.1) is 0 Å². The number of carbonyl (C=O) groups is 1. The Balaban J connectivity index is 1.69. The molecule has 1 aromatic heterocycles. The average molecular weight is 265 g/mol. The number of methoxy groups -OCH3 is 1. The molecule has 0 aromatic carbocycles. The molecule has 0 bridgehead atoms. The summed E-state index contributed by atoms with van der Waals surface area (Å²) >= 11 is 0. The highest BCUT2D eigenvalue weighted by atomic mass is 16.5. The SMILES string of the molecule is CO[C@@H]1CC[C@@H](NC(=O)c2n[nH]c3c2CCC3)[C@H]1O. The highest BCUT2D eigenvalue weighted by Gasteiger charge is 2.36. The lowest BCUT2D eigenvalue weighted by molar-refractivity contribution is 0.000177. The summed E-state index contributed by atoms with van der Waals surface area (Å²) in [5, 5.41) is 19.9. The first kappa shape index (κ1) is 12.6. The van der Waals surface area contributed by atoms with E-state index in [4.69, 9.17) is 4.74 Å². The number of aryl methyl sites for hydroxylation is 1. The predicted molar refractivity (Wildman–Crippen MR) is 67.9 cm³/mol. The molecule has 6 heteroatoms. The molecule has 1 fully saturated rings. The van der Waals surface area contributed by atoms with E-state index in [1.165, 1.54) is 0 Å². The van der Waals surface area contributed by atoms with Gasteiger partial charge >= 0.3 is 0 Å². The van der Waals surface area contributed by atoms with Crippen molar-refractivity contribution in [2.24, 2.45) is 0 Å². The Kier molecular flexibility index (Phi) is 3.28. The van der Waals surface area contributed by atoms with Gasteiger partial charge in [-0.05, 0) is 32.1 Å². The Hall–Kier alpha value is -1.40. The van der Waals surface area contributed by atoms with Crippen LogP contribution >= 0.6 is 0 Å². The van der Waals surface area contributed by atoms with Gasteiger partial charge in [0.1, 0.15) is 6.10 Å². The first-order valence-electron chi connectivity index (χ1n) is 6.78. The molecule has 0 unspecified atom stereocenters. The van der Waals surface area contributed by atoms with Crippen LogP contribution in [0.5, 0.6) is 0 Å². The van der Waals surface area contributed by atoms with Gasteiger partial charge in [0.15, 0.2) is 5.69 Å². The summed E-state index contributed by atoms with van der Waals surface area (Å²) < 4.78 is 5.18. The molecule has 1 amide bonds. The van der Waals surface area contributed by atoms with E-state index in [1.807, 2.05) is 0 Å². The summed E-state index contributed by atoms with van der Waals surface area (Å²) in [6.07, 6.45) is 3.62. The minimum atomic E-state index is -0.638. The number of hydrogen-bond acceptors (Lipinski definition) is 4. The third-order valence-electron chi connectivity index (χ3n) is 4.20. The van der Waals surface area contributed by atoms with Gasteiger partial charge in [-0.3, -0.25) is 9.89 Å². The van der Waals surface area contributed by atoms with E-state index in [9.17, 15) is 9.90 Å². The fraction of sp³-hybridized carbons (Fsp3) is 0.692. The van der Waals surface area contributed by atoms with Crippen molar-refractivity contribution in [3.63, 3.8) is 0 Å². The monoisotopic (exact) mass is 265 g/mol. The summed E-state index contributed by atoms with van der Waals surface area (Å²) in [6, 6.07) is -0.244. The number of nitrogens with zero attached hydrogens (tertiary/aromatic N) is 1. The minimum absolute atomic E-state index is 0.185. The Morgan fingerprint density at radius 1 is 1.47 bits per heavy atom. The number of fused-ring (bicyclic) bond motifs is 1. The molecular weight excluding hydrogens is 246 g/mol. The van der Waals surface area contributed by atoms with Crippen LogP contribution in [0.3, 0.4) is 0 Å². The van der Waals surface area contributed by atoms with E-state index in [0.29, 0.717) is 5.69 Å². The van der Waals surface area contributed by atoms with Crippen molar-refractivity contribution in [1.82, 2.24) is 15.5 Å². The van der Waals surface area contributed by atoms with Crippen molar-refractivity contribution in [2.45, 2.75) is 50.4 Å². The van der Waals surface area contributed by atoms with Gasteiger partial charge in [0.2, 0.25) is 0 Å². The number of aliphatic hydroxyl groups excluding tert-OH is 1. The second-order valence-corrected chi connectivity index (χ2v) is 5.30. The number of aromatic amines is 1. The van der Waals surface area contributed by atoms with Gasteiger partial charge in [-0.25, -0.2) is 0 Å². The van der Waals surface area contributed by atoms with Crippen LogP contribution in [-0.4, -0.2) is 46.6 Å². The molecule has 19 heavy (non-hydrogen) atoms. The van der Waals surface area contributed by atoms with E-state index in [1.54, 1.807) is 7.11 Å². The van der Waals surface area contributed by atoms with Gasteiger partial charge < -0.3 is 15.2 Å². The fourth-order valence-corrected chi connectivity index (χ4v) is 3.10. The van der Waals surface area contributed by atoms with Crippen LogP contribution < -0.4 is 5.32 Å². The fourth-order valence-electron chi connectivity index (χ4n) is 3.10. The smallest absolute Gasteiger partial charge is 0.272 e. The highest BCUT2D eigenvalue weighted by Crippen LogP contribution is 2.25. The van der Waals surface area contributed by atoms with Gasteiger partial charge in [0.25, 0.3) is 5.91 Å². The maximum atomic E-state index is 12.2. The Labute approximate surface area is 111 Å². The Morgan fingerprint density at radius 3 is 3.05 bits per heavy atom. The van der Waals surface area contributed by atoms with E-state index >= 15 is 0 Å². The van der Waals surface area contributed by atoms with Crippen molar-refractivity contribution < 1.29 is 14.6 Å². The maximum absolute atomic E-state index is 12.2. The molecule has 1 heterocycles. The third-order valence-corrected chi connectivity index (χ3v) is 4.20. The number of nitrogens with one attached hydrogen (secondary N) is 2. The van der Waals surface area contributed by atoms with Crippen molar-refractivity contribution in [3.05, 3.63) is 17.0 Å². The molecule has 1 aromatic rings. The summed E-state index contributed by atoms with van der Waals surface area (Å²) in [5.74, 6) is -0.194. The Bertz CT molecular complexity index is 485. The van der Waals surface area contributed by atoms with Crippen LogP contribution in [0.15, 0.2) is 0 Å². The Morgan fingerprint density at radius 2 is 2.32 bits per heavy atom. The first-order valence-corrected chi connectivity index (χ1v) is 6.78. The van der Waals surface area contributed by atoms with E-state index in [-0.39, 0.29) is 18.1 Å². The molecule has 0 saturated heterocycles. The largest absolute Gasteiger partial charge is 0.388 e. The summed E-state index contributed by atoms with van der Waals surface area (Å²) in [5.41, 5.74) is 2.60. The number of aromatic nitrogens is 2. The van der Waals surface area contributed by atoms with Crippen LogP contribution in [-0.2, 0) is 17.6 Å². The number of H-pyrrole nitrogens is 1. The number of aliphatic hydroxyl groups is 1. The molecule has 104 valence electrons. The van der Waals surface area contributed by atoms with Crippen LogP contribution in [0.25, 0.3) is 0 Å². The number of carbonyl (C=O) groups excluding carboxylic acids is 1. The average Bonchev–Trinajstić information content (AvgIpc) is 3.05. The topological polar surface area (TPSA) is 87.2 Å². The molecule has 2 aliphatic carbocycles. The minimum Gasteiger partial charge on any atom is -0.388 e. The lowest BCUT2D eigenvalue weighted by atomic mass is 10.1. The molecule has 3 atom stereocenters. The van der Waals surface area contributed by atoms with Crippen molar-refractivity contribution in [3.8, 4) is 0 Å². The van der Waals surface area contributed by atoms with E-state index in [0.717, 1.165) is 43.4 Å². The normalized spacial score (nSPS) is 29.5. The zero-order valence-electron chi connectivity index (χ0n) is 11.0. The lowest BCUT2D eigenvalue weighted by Crippen LogP contribution is -2.43. The number of hydrogen-bond donors (Lipinski definition) is 3. The van der Waals surface area contributed by atoms with Crippen LogP contribution in [0.1, 0.15) is 41.0 Å². The standard InChI is InChI=1S/C13H19N3O3/c1-19-10-6-5-9(12(10)17)14-13(18)11-7-3-2-4-8(7)15-16-11/h9-10,12,17H,2-6H2,1H3,(H,14,18)(H,15,16)/t9-,10-,12-/m1/s1. The van der Waals surface area contributed by atoms with Gasteiger partial charge in [0.05, 0.1) is 12.1 Å². The van der Waals surface area contributed by atoms with Gasteiger partial charge in [0, 0.05) is 18.4 Å². The molecule has 1 saturated carbocycles. The molecule has 3 rings (SSSR count). The number of amides is 1. The summed E-state index contributed by atoms with van der Waals surface area (Å²) in [6.45, 7) is 0. The van der Waals surface area contributed by atoms with Crippen LogP contribution in [0.2, 0.25) is 0 Å². The van der Waals surface area contributed by atoms with E-state index in [2.05, 4.69) is 15.5 Å². The third kappa shape index (κ3) is 2.15. The molecule has 2 aliphatic rings. The molecular formula is C13H19N3O3. The summed E-state index contributed by atoms with van der Waals surface area (Å²) in [7, 11) is 1.58. The van der Waals surface area contributed by atoms with Crippen LogP contribution in [0.4, 0.5) is 0 Å². The van der Waals surface area contributed by atoms with Gasteiger partial charge in [-0.1, -0.05) is 0 Å². The molecule has 0 radical (unpaired) electrons. The first-order chi connectivity index (χ1) is 9.20. The second-order valence-electron chi connectivity index (χ2n) is 5.30. The van der Waals surface area contributed by atoms with Gasteiger partial charge in [-0.2, -0.15) is 5.10 Å². The second kappa shape index (κ2) is 4.94. The molecule has 6 nitrogen and oxygen atoms in total. The zero-order valence-corrected chi connectivity index (χ0v) is 11.0. The zero-order chi connectivity index (χ0) is 13.4. The maximum Gasteiger partial charge on any atom is 0.272 e. The van der Waals surface area contributed by atoms with Crippen molar-refractivity contribution in [2.75, 3.05) is 7.11 Å². The van der Waals surface area contributed by atoms with E-state index < -0.39 is 6.10 Å². The molecule has 0 spiro atoms.